The monoisotopic (exact) mass is 265 g/mol. The summed E-state index contributed by atoms with van der Waals surface area (Å²) in [4.78, 5) is 17.5. The van der Waals surface area contributed by atoms with Gasteiger partial charge in [-0.25, -0.2) is 9.78 Å². The molecule has 0 aliphatic carbocycles. The van der Waals surface area contributed by atoms with E-state index < -0.39 is 5.97 Å². The lowest BCUT2D eigenvalue weighted by Crippen LogP contribution is -2.51. The predicted molar refractivity (Wildman–Crippen MR) is 71.5 cm³/mol. The van der Waals surface area contributed by atoms with Gasteiger partial charge in [-0.1, -0.05) is 0 Å². The number of nitrogens with two attached hydrogens (primary N) is 1. The lowest BCUT2D eigenvalue weighted by molar-refractivity contribution is 0.0695. The number of carboxylic acid groups (broad SMARTS) is 1. The van der Waals surface area contributed by atoms with E-state index in [9.17, 15) is 4.79 Å². The van der Waals surface area contributed by atoms with Gasteiger partial charge in [-0.3, -0.25) is 0 Å². The minimum atomic E-state index is -0.932. The van der Waals surface area contributed by atoms with Crippen LogP contribution in [0.15, 0.2) is 12.3 Å². The van der Waals surface area contributed by atoms with Crippen LogP contribution in [0.1, 0.15) is 22.3 Å². The van der Waals surface area contributed by atoms with Crippen molar-refractivity contribution in [3.63, 3.8) is 0 Å². The molecule has 1 aromatic rings. The van der Waals surface area contributed by atoms with Gasteiger partial charge >= 0.3 is 5.97 Å². The number of hydrogen-bond acceptors (Lipinski definition) is 5. The number of carbonyl (C=O) groups is 1. The minimum Gasteiger partial charge on any atom is -0.478 e. The number of aryl methyl sites for hydroxylation is 1. The lowest BCUT2D eigenvalue weighted by atomic mass is 10.0. The normalized spacial score (nSPS) is 23.4. The Balaban J connectivity index is 2.22. The standard InChI is InChI=1S/C13H19N3O3/c1-8-6-15-12(5-9(8)13(17)18)16-4-3-10(14)11(7-16)19-2/h5-6,10-11H,3-4,7,14H2,1-2H3,(H,17,18)/t10-,11+/m0/s1. The second kappa shape index (κ2) is 5.54. The van der Waals surface area contributed by atoms with Crippen LogP contribution in [0.2, 0.25) is 0 Å². The number of piperidine rings is 1. The largest absolute Gasteiger partial charge is 0.478 e. The first kappa shape index (κ1) is 13.8. The first-order valence-corrected chi connectivity index (χ1v) is 6.26. The summed E-state index contributed by atoms with van der Waals surface area (Å²) in [6, 6.07) is 1.63. The van der Waals surface area contributed by atoms with Crippen molar-refractivity contribution in [2.75, 3.05) is 25.1 Å². The number of carboxylic acids is 1. The van der Waals surface area contributed by atoms with E-state index in [1.807, 2.05) is 4.90 Å². The highest BCUT2D eigenvalue weighted by Crippen LogP contribution is 2.21. The molecule has 0 spiro atoms. The van der Waals surface area contributed by atoms with E-state index in [0.29, 0.717) is 17.9 Å². The molecule has 0 radical (unpaired) electrons. The molecule has 0 saturated carbocycles. The van der Waals surface area contributed by atoms with Crippen LogP contribution in [0.25, 0.3) is 0 Å². The van der Waals surface area contributed by atoms with Crippen LogP contribution in [-0.2, 0) is 4.74 Å². The molecule has 19 heavy (non-hydrogen) atoms. The molecular formula is C13H19N3O3. The van der Waals surface area contributed by atoms with Gasteiger partial charge in [0.25, 0.3) is 0 Å². The van der Waals surface area contributed by atoms with Gasteiger partial charge < -0.3 is 20.5 Å². The van der Waals surface area contributed by atoms with Gasteiger partial charge in [-0.2, -0.15) is 0 Å². The number of aromatic nitrogens is 1. The fraction of sp³-hybridized carbons (Fsp3) is 0.538. The highest BCUT2D eigenvalue weighted by Gasteiger charge is 2.27. The van der Waals surface area contributed by atoms with E-state index in [1.165, 1.54) is 0 Å². The predicted octanol–water partition coefficient (Wildman–Crippen LogP) is 0.641. The van der Waals surface area contributed by atoms with Crippen molar-refractivity contribution < 1.29 is 14.6 Å². The van der Waals surface area contributed by atoms with Gasteiger partial charge in [-0.15, -0.1) is 0 Å². The Hall–Kier alpha value is -1.66. The minimum absolute atomic E-state index is 0.0191. The van der Waals surface area contributed by atoms with Gasteiger partial charge in [0.15, 0.2) is 0 Å². The van der Waals surface area contributed by atoms with Gasteiger partial charge in [0.1, 0.15) is 5.82 Å². The van der Waals surface area contributed by atoms with E-state index >= 15 is 0 Å². The number of hydrogen-bond donors (Lipinski definition) is 2. The Labute approximate surface area is 112 Å². The summed E-state index contributed by atoms with van der Waals surface area (Å²) in [5.74, 6) is -0.268. The molecule has 0 amide bonds. The van der Waals surface area contributed by atoms with E-state index in [-0.39, 0.29) is 17.7 Å². The number of nitrogens with zero attached hydrogens (tertiary/aromatic N) is 2. The molecule has 2 rings (SSSR count). The maximum Gasteiger partial charge on any atom is 0.336 e. The Morgan fingerprint density at radius 3 is 3.00 bits per heavy atom. The second-order valence-corrected chi connectivity index (χ2v) is 4.84. The van der Waals surface area contributed by atoms with E-state index in [1.54, 1.807) is 26.3 Å². The lowest BCUT2D eigenvalue weighted by Gasteiger charge is -2.36. The molecule has 2 atom stereocenters. The van der Waals surface area contributed by atoms with Gasteiger partial charge in [0.2, 0.25) is 0 Å². The van der Waals surface area contributed by atoms with Crippen molar-refractivity contribution in [2.45, 2.75) is 25.5 Å². The number of aromatic carboxylic acids is 1. The van der Waals surface area contributed by atoms with Crippen molar-refractivity contribution >= 4 is 11.8 Å². The topological polar surface area (TPSA) is 88.7 Å². The molecule has 1 saturated heterocycles. The SMILES string of the molecule is CO[C@@H]1CN(c2cc(C(=O)O)c(C)cn2)CC[C@@H]1N. The van der Waals surface area contributed by atoms with Gasteiger partial charge in [0, 0.05) is 32.4 Å². The number of methoxy groups -OCH3 is 1. The zero-order chi connectivity index (χ0) is 14.0. The van der Waals surface area contributed by atoms with Crippen LogP contribution in [0.5, 0.6) is 0 Å². The maximum atomic E-state index is 11.1. The summed E-state index contributed by atoms with van der Waals surface area (Å²) >= 11 is 0. The molecule has 1 aliphatic rings. The first-order chi connectivity index (χ1) is 9.02. The van der Waals surface area contributed by atoms with Crippen molar-refractivity contribution in [3.8, 4) is 0 Å². The van der Waals surface area contributed by atoms with Crippen LogP contribution >= 0.6 is 0 Å². The van der Waals surface area contributed by atoms with Crippen molar-refractivity contribution in [3.05, 3.63) is 23.4 Å². The summed E-state index contributed by atoms with van der Waals surface area (Å²) in [5, 5.41) is 9.14. The molecule has 6 heteroatoms. The highest BCUT2D eigenvalue weighted by molar-refractivity contribution is 5.90. The summed E-state index contributed by atoms with van der Waals surface area (Å²) in [6.45, 7) is 3.13. The first-order valence-electron chi connectivity index (χ1n) is 6.26. The Morgan fingerprint density at radius 1 is 1.63 bits per heavy atom. The van der Waals surface area contributed by atoms with E-state index in [0.717, 1.165) is 13.0 Å². The Morgan fingerprint density at radius 2 is 2.37 bits per heavy atom. The molecule has 6 nitrogen and oxygen atoms in total. The van der Waals surface area contributed by atoms with Crippen LogP contribution in [0.3, 0.4) is 0 Å². The average Bonchev–Trinajstić information content (AvgIpc) is 2.39. The molecule has 104 valence electrons. The fourth-order valence-corrected chi connectivity index (χ4v) is 2.31. The zero-order valence-electron chi connectivity index (χ0n) is 11.2. The van der Waals surface area contributed by atoms with Crippen LogP contribution in [-0.4, -0.2) is 48.4 Å². The van der Waals surface area contributed by atoms with E-state index in [4.69, 9.17) is 15.6 Å². The summed E-state index contributed by atoms with van der Waals surface area (Å²) in [6.07, 6.45) is 2.34. The zero-order valence-corrected chi connectivity index (χ0v) is 11.2. The molecule has 3 N–H and O–H groups in total. The van der Waals surface area contributed by atoms with Crippen molar-refractivity contribution in [2.24, 2.45) is 5.73 Å². The van der Waals surface area contributed by atoms with Crippen LogP contribution in [0, 0.1) is 6.92 Å². The molecule has 0 bridgehead atoms. The third-order valence-electron chi connectivity index (χ3n) is 3.56. The van der Waals surface area contributed by atoms with E-state index in [2.05, 4.69) is 4.98 Å². The van der Waals surface area contributed by atoms with Crippen LogP contribution in [0.4, 0.5) is 5.82 Å². The number of rotatable bonds is 3. The number of ether oxygens (including phenoxy) is 1. The van der Waals surface area contributed by atoms with Crippen molar-refractivity contribution in [1.29, 1.82) is 0 Å². The van der Waals surface area contributed by atoms with Crippen molar-refractivity contribution in [1.82, 2.24) is 4.98 Å². The number of pyridine rings is 1. The average molecular weight is 265 g/mol. The molecule has 0 aromatic carbocycles. The van der Waals surface area contributed by atoms with Gasteiger partial charge in [0.05, 0.1) is 11.7 Å². The second-order valence-electron chi connectivity index (χ2n) is 4.84. The fourth-order valence-electron chi connectivity index (χ4n) is 2.31. The molecule has 1 aliphatic heterocycles. The molecular weight excluding hydrogens is 246 g/mol. The molecule has 2 heterocycles. The Kier molecular flexibility index (Phi) is 4.01. The molecule has 1 aromatic heterocycles. The maximum absolute atomic E-state index is 11.1. The summed E-state index contributed by atoms with van der Waals surface area (Å²) in [5.41, 5.74) is 6.91. The highest BCUT2D eigenvalue weighted by atomic mass is 16.5. The summed E-state index contributed by atoms with van der Waals surface area (Å²) < 4.78 is 5.35. The smallest absolute Gasteiger partial charge is 0.336 e. The van der Waals surface area contributed by atoms with Gasteiger partial charge in [-0.05, 0) is 25.0 Å². The Bertz CT molecular complexity index is 478. The van der Waals surface area contributed by atoms with Crippen LogP contribution < -0.4 is 10.6 Å². The summed E-state index contributed by atoms with van der Waals surface area (Å²) in [7, 11) is 1.64. The molecule has 1 fully saturated rings. The molecule has 0 unspecified atom stereocenters. The third kappa shape index (κ3) is 2.85. The number of anilines is 1. The third-order valence-corrected chi connectivity index (χ3v) is 3.56. The quantitative estimate of drug-likeness (QED) is 0.833.